The van der Waals surface area contributed by atoms with Crippen LogP contribution in [0.25, 0.3) is 0 Å². The Morgan fingerprint density at radius 3 is 2.22 bits per heavy atom. The van der Waals surface area contributed by atoms with Crippen LogP contribution in [0.5, 0.6) is 0 Å². The van der Waals surface area contributed by atoms with E-state index in [0.717, 1.165) is 22.4 Å². The molecule has 2 aromatic carbocycles. The maximum absolute atomic E-state index is 12.3. The number of aryl methyl sites for hydroxylation is 3. The summed E-state index contributed by atoms with van der Waals surface area (Å²) in [5.41, 5.74) is 4.11. The number of carbonyl (C=O) groups is 2. The Kier molecular flexibility index (Phi) is 6.51. The van der Waals surface area contributed by atoms with Crippen molar-refractivity contribution in [1.82, 2.24) is 4.72 Å². The summed E-state index contributed by atoms with van der Waals surface area (Å²) in [4.78, 5) is 23.6. The summed E-state index contributed by atoms with van der Waals surface area (Å²) in [6, 6.07) is 9.76. The first-order valence-electron chi connectivity index (χ1n) is 8.58. The molecule has 27 heavy (non-hydrogen) atoms. The summed E-state index contributed by atoms with van der Waals surface area (Å²) in [7, 11) is -3.79. The van der Waals surface area contributed by atoms with Gasteiger partial charge in [-0.3, -0.25) is 9.59 Å². The normalized spacial score (nSPS) is 11.3. The highest BCUT2D eigenvalue weighted by atomic mass is 32.2. The zero-order valence-corrected chi connectivity index (χ0v) is 16.7. The van der Waals surface area contributed by atoms with Gasteiger partial charge in [0.1, 0.15) is 0 Å². The summed E-state index contributed by atoms with van der Waals surface area (Å²) in [6.07, 6.45) is -0.00160. The lowest BCUT2D eigenvalue weighted by atomic mass is 10.1. The number of benzene rings is 2. The Morgan fingerprint density at radius 1 is 1.00 bits per heavy atom. The molecule has 0 radical (unpaired) electrons. The zero-order valence-electron chi connectivity index (χ0n) is 15.9. The fourth-order valence-corrected chi connectivity index (χ4v) is 3.92. The zero-order chi connectivity index (χ0) is 20.2. The van der Waals surface area contributed by atoms with Gasteiger partial charge in [-0.2, -0.15) is 0 Å². The minimum atomic E-state index is -3.79. The fourth-order valence-electron chi connectivity index (χ4n) is 2.84. The molecule has 0 aliphatic heterocycles. The molecule has 0 spiro atoms. The predicted molar refractivity (Wildman–Crippen MR) is 106 cm³/mol. The highest BCUT2D eigenvalue weighted by molar-refractivity contribution is 7.89. The molecule has 7 heteroatoms. The van der Waals surface area contributed by atoms with Gasteiger partial charge in [-0.15, -0.1) is 0 Å². The number of amides is 1. The van der Waals surface area contributed by atoms with E-state index in [0.29, 0.717) is 5.56 Å². The summed E-state index contributed by atoms with van der Waals surface area (Å²) < 4.78 is 27.1. The molecule has 1 amide bonds. The van der Waals surface area contributed by atoms with Crippen LogP contribution < -0.4 is 10.0 Å². The first-order valence-corrected chi connectivity index (χ1v) is 10.1. The van der Waals surface area contributed by atoms with E-state index in [-0.39, 0.29) is 29.6 Å². The molecule has 0 aliphatic carbocycles. The number of hydrogen-bond donors (Lipinski definition) is 2. The molecule has 0 atom stereocenters. The second-order valence-corrected chi connectivity index (χ2v) is 8.32. The number of anilines is 1. The minimum Gasteiger partial charge on any atom is -0.326 e. The van der Waals surface area contributed by atoms with Gasteiger partial charge in [0.2, 0.25) is 15.9 Å². The standard InChI is InChI=1S/C20H24N2O4S/c1-13-10-14(2)20(15(3)11-13)22-19(24)8-9-21-27(25,26)18-7-5-6-17(12-18)16(4)23/h5-7,10-12,21H,8-9H2,1-4H3,(H,22,24). The molecule has 2 rings (SSSR count). The van der Waals surface area contributed by atoms with Crippen LogP contribution in [-0.4, -0.2) is 26.7 Å². The third kappa shape index (κ3) is 5.48. The lowest BCUT2D eigenvalue weighted by molar-refractivity contribution is -0.116. The third-order valence-corrected chi connectivity index (χ3v) is 5.60. The van der Waals surface area contributed by atoms with E-state index >= 15 is 0 Å². The lowest BCUT2D eigenvalue weighted by Gasteiger charge is -2.13. The number of Topliss-reactive ketones (excluding diaryl/α,β-unsaturated/α-hetero) is 1. The molecular formula is C20H24N2O4S. The molecule has 0 saturated heterocycles. The molecule has 0 bridgehead atoms. The number of rotatable bonds is 7. The molecule has 0 saturated carbocycles. The molecule has 0 aromatic heterocycles. The van der Waals surface area contributed by atoms with E-state index in [1.165, 1.54) is 25.1 Å². The number of sulfonamides is 1. The van der Waals surface area contributed by atoms with Crippen molar-refractivity contribution in [3.8, 4) is 0 Å². The van der Waals surface area contributed by atoms with E-state index in [1.54, 1.807) is 6.07 Å². The van der Waals surface area contributed by atoms with Crippen LogP contribution in [-0.2, 0) is 14.8 Å². The summed E-state index contributed by atoms with van der Waals surface area (Å²) in [5.74, 6) is -0.486. The highest BCUT2D eigenvalue weighted by Gasteiger charge is 2.16. The molecule has 144 valence electrons. The summed E-state index contributed by atoms with van der Waals surface area (Å²) in [5, 5.41) is 2.84. The molecule has 2 N–H and O–H groups in total. The number of hydrogen-bond acceptors (Lipinski definition) is 4. The Labute approximate surface area is 160 Å². The van der Waals surface area contributed by atoms with Gasteiger partial charge in [0.15, 0.2) is 5.78 Å². The Hall–Kier alpha value is -2.51. The molecule has 6 nitrogen and oxygen atoms in total. The van der Waals surface area contributed by atoms with Crippen LogP contribution in [0.15, 0.2) is 41.3 Å². The number of nitrogens with one attached hydrogen (secondary N) is 2. The number of carbonyl (C=O) groups excluding carboxylic acids is 2. The van der Waals surface area contributed by atoms with Gasteiger partial charge in [0.05, 0.1) is 4.90 Å². The van der Waals surface area contributed by atoms with Crippen LogP contribution >= 0.6 is 0 Å². The van der Waals surface area contributed by atoms with Gasteiger partial charge in [-0.05, 0) is 51.0 Å². The van der Waals surface area contributed by atoms with Crippen molar-refractivity contribution in [3.63, 3.8) is 0 Å². The summed E-state index contributed by atoms with van der Waals surface area (Å²) in [6.45, 7) is 7.16. The van der Waals surface area contributed by atoms with E-state index in [2.05, 4.69) is 10.0 Å². The van der Waals surface area contributed by atoms with Gasteiger partial charge in [0.25, 0.3) is 0 Å². The lowest BCUT2D eigenvalue weighted by Crippen LogP contribution is -2.28. The maximum atomic E-state index is 12.3. The number of ketones is 1. The average molecular weight is 388 g/mol. The van der Waals surface area contributed by atoms with Crippen molar-refractivity contribution in [2.45, 2.75) is 39.0 Å². The molecule has 2 aromatic rings. The van der Waals surface area contributed by atoms with Crippen molar-refractivity contribution in [1.29, 1.82) is 0 Å². The van der Waals surface area contributed by atoms with Gasteiger partial charge < -0.3 is 5.32 Å². The topological polar surface area (TPSA) is 92.3 Å². The van der Waals surface area contributed by atoms with Gasteiger partial charge in [-0.25, -0.2) is 13.1 Å². The molecule has 0 heterocycles. The SMILES string of the molecule is CC(=O)c1cccc(S(=O)(=O)NCCC(=O)Nc2c(C)cc(C)cc2C)c1. The second-order valence-electron chi connectivity index (χ2n) is 6.55. The van der Waals surface area contributed by atoms with Gasteiger partial charge in [0, 0.05) is 24.2 Å². The van der Waals surface area contributed by atoms with Crippen LogP contribution in [0.3, 0.4) is 0 Å². The smallest absolute Gasteiger partial charge is 0.240 e. The van der Waals surface area contributed by atoms with Gasteiger partial charge in [-0.1, -0.05) is 29.8 Å². The van der Waals surface area contributed by atoms with E-state index in [1.807, 2.05) is 32.9 Å². The first kappa shape index (κ1) is 20.8. The molecule has 0 aliphatic rings. The first-order chi connectivity index (χ1) is 12.6. The van der Waals surface area contributed by atoms with Gasteiger partial charge >= 0.3 is 0 Å². The molecule has 0 fully saturated rings. The summed E-state index contributed by atoms with van der Waals surface area (Å²) >= 11 is 0. The Morgan fingerprint density at radius 2 is 1.63 bits per heavy atom. The largest absolute Gasteiger partial charge is 0.326 e. The maximum Gasteiger partial charge on any atom is 0.240 e. The monoisotopic (exact) mass is 388 g/mol. The van der Waals surface area contributed by atoms with E-state index in [9.17, 15) is 18.0 Å². The fraction of sp³-hybridized carbons (Fsp3) is 0.300. The van der Waals surface area contributed by atoms with Crippen molar-refractivity contribution in [2.75, 3.05) is 11.9 Å². The van der Waals surface area contributed by atoms with Crippen molar-refractivity contribution < 1.29 is 18.0 Å². The van der Waals surface area contributed by atoms with Crippen LogP contribution in [0.1, 0.15) is 40.4 Å². The Bertz CT molecular complexity index is 958. The quantitative estimate of drug-likeness (QED) is 0.713. The second kappa shape index (κ2) is 8.45. The minimum absolute atomic E-state index is 0.000770. The van der Waals surface area contributed by atoms with Crippen molar-refractivity contribution in [2.24, 2.45) is 0 Å². The van der Waals surface area contributed by atoms with E-state index in [4.69, 9.17) is 0 Å². The van der Waals surface area contributed by atoms with Crippen LogP contribution in [0.4, 0.5) is 5.69 Å². The predicted octanol–water partition coefficient (Wildman–Crippen LogP) is 3.12. The molecular weight excluding hydrogens is 364 g/mol. The van der Waals surface area contributed by atoms with Crippen molar-refractivity contribution in [3.05, 3.63) is 58.7 Å². The van der Waals surface area contributed by atoms with Crippen LogP contribution in [0.2, 0.25) is 0 Å². The molecule has 0 unspecified atom stereocenters. The van der Waals surface area contributed by atoms with Crippen LogP contribution in [0, 0.1) is 20.8 Å². The van der Waals surface area contributed by atoms with E-state index < -0.39 is 10.0 Å². The Balaban J connectivity index is 1.98. The third-order valence-electron chi connectivity index (χ3n) is 4.14. The van der Waals surface area contributed by atoms with Crippen molar-refractivity contribution >= 4 is 27.4 Å². The average Bonchev–Trinajstić information content (AvgIpc) is 2.58. The highest BCUT2D eigenvalue weighted by Crippen LogP contribution is 2.22.